The van der Waals surface area contributed by atoms with Crippen molar-refractivity contribution in [3.05, 3.63) is 65.0 Å². The molecule has 2 aromatic rings. The molecule has 132 valence electrons. The summed E-state index contributed by atoms with van der Waals surface area (Å²) >= 11 is 0. The number of carbonyl (C=O) groups excluding carboxylic acids is 1. The molecule has 3 rings (SSSR count). The summed E-state index contributed by atoms with van der Waals surface area (Å²) in [6.07, 6.45) is 4.01. The van der Waals surface area contributed by atoms with Gasteiger partial charge in [-0.3, -0.25) is 4.79 Å². The van der Waals surface area contributed by atoms with Crippen LogP contribution in [-0.2, 0) is 6.42 Å². The lowest BCUT2D eigenvalue weighted by Gasteiger charge is -2.33. The van der Waals surface area contributed by atoms with Crippen LogP contribution >= 0.6 is 0 Å². The van der Waals surface area contributed by atoms with E-state index < -0.39 is 0 Å². The number of hydrogen-bond donors (Lipinski definition) is 1. The number of hydrogen-bond acceptors (Lipinski definition) is 2. The quantitative estimate of drug-likeness (QED) is 0.899. The Labute approximate surface area is 148 Å². The molecule has 0 aliphatic carbocycles. The molecule has 1 atom stereocenters. The van der Waals surface area contributed by atoms with Crippen LogP contribution in [0.1, 0.15) is 40.7 Å². The van der Waals surface area contributed by atoms with Gasteiger partial charge in [0, 0.05) is 18.7 Å². The number of aryl methyl sites for hydroxylation is 2. The van der Waals surface area contributed by atoms with Crippen LogP contribution in [0.5, 0.6) is 5.75 Å². The molecule has 4 heteroatoms. The van der Waals surface area contributed by atoms with Gasteiger partial charge in [0.2, 0.25) is 0 Å². The number of amides is 1. The van der Waals surface area contributed by atoms with Gasteiger partial charge in [0.1, 0.15) is 11.6 Å². The van der Waals surface area contributed by atoms with E-state index in [1.165, 1.54) is 12.1 Å². The highest BCUT2D eigenvalue weighted by molar-refractivity contribution is 5.94. The van der Waals surface area contributed by atoms with E-state index in [0.29, 0.717) is 11.5 Å². The Balaban J connectivity index is 1.59. The third kappa shape index (κ3) is 4.38. The summed E-state index contributed by atoms with van der Waals surface area (Å²) in [4.78, 5) is 14.6. The van der Waals surface area contributed by atoms with E-state index in [9.17, 15) is 14.3 Å². The largest absolute Gasteiger partial charge is 0.508 e. The first-order valence-electron chi connectivity index (χ1n) is 8.86. The van der Waals surface area contributed by atoms with Gasteiger partial charge >= 0.3 is 0 Å². The highest BCUT2D eigenvalue weighted by Gasteiger charge is 2.24. The summed E-state index contributed by atoms with van der Waals surface area (Å²) in [6.45, 7) is 3.32. The molecule has 0 saturated carbocycles. The number of likely N-dealkylation sites (tertiary alicyclic amines) is 1. The second-order valence-electron chi connectivity index (χ2n) is 6.93. The van der Waals surface area contributed by atoms with Crippen molar-refractivity contribution < 1.29 is 14.3 Å². The van der Waals surface area contributed by atoms with Crippen LogP contribution in [-0.4, -0.2) is 29.0 Å². The first-order valence-corrected chi connectivity index (χ1v) is 8.86. The molecule has 3 nitrogen and oxygen atoms in total. The van der Waals surface area contributed by atoms with E-state index >= 15 is 0 Å². The van der Waals surface area contributed by atoms with Crippen molar-refractivity contribution in [3.8, 4) is 5.75 Å². The predicted octanol–water partition coefficient (Wildman–Crippen LogP) is 4.32. The molecule has 0 spiro atoms. The fraction of sp³-hybridized carbons (Fsp3) is 0.381. The van der Waals surface area contributed by atoms with Crippen LogP contribution in [0.15, 0.2) is 42.5 Å². The van der Waals surface area contributed by atoms with Crippen LogP contribution in [0.25, 0.3) is 0 Å². The Morgan fingerprint density at radius 3 is 2.72 bits per heavy atom. The molecule has 1 aliphatic rings. The van der Waals surface area contributed by atoms with Crippen molar-refractivity contribution in [2.45, 2.75) is 32.6 Å². The van der Waals surface area contributed by atoms with Gasteiger partial charge in [-0.1, -0.05) is 18.2 Å². The summed E-state index contributed by atoms with van der Waals surface area (Å²) in [7, 11) is 0. The molecule has 1 fully saturated rings. The number of rotatable bonds is 4. The van der Waals surface area contributed by atoms with Crippen LogP contribution in [0.2, 0.25) is 0 Å². The Kier molecular flexibility index (Phi) is 5.37. The van der Waals surface area contributed by atoms with Crippen LogP contribution in [0.4, 0.5) is 4.39 Å². The lowest BCUT2D eigenvalue weighted by atomic mass is 9.91. The number of piperidine rings is 1. The molecule has 1 heterocycles. The summed E-state index contributed by atoms with van der Waals surface area (Å²) in [5.74, 6) is 0.402. The molecule has 1 saturated heterocycles. The van der Waals surface area contributed by atoms with E-state index in [2.05, 4.69) is 0 Å². The molecule has 0 aromatic heterocycles. The molecular formula is C21H24FNO2. The molecule has 2 aromatic carbocycles. The Hall–Kier alpha value is -2.36. The number of nitrogens with zero attached hydrogens (tertiary/aromatic N) is 1. The minimum atomic E-state index is -0.209. The smallest absolute Gasteiger partial charge is 0.253 e. The molecular weight excluding hydrogens is 317 g/mol. The second-order valence-corrected chi connectivity index (χ2v) is 6.93. The Morgan fingerprint density at radius 1 is 1.24 bits per heavy atom. The van der Waals surface area contributed by atoms with Gasteiger partial charge in [0.25, 0.3) is 5.91 Å². The standard InChI is InChI=1S/C21H24FNO2/c1-15-4-9-18(13-20(15)24)21(25)23-12-2-3-17(14-23)6-5-16-7-10-19(22)11-8-16/h4,7-11,13,17,24H,2-3,5-6,12,14H2,1H3/t17-/m1/s1. The summed E-state index contributed by atoms with van der Waals surface area (Å²) < 4.78 is 13.0. The van der Waals surface area contributed by atoms with Crippen molar-refractivity contribution in [1.82, 2.24) is 4.90 Å². The number of phenolic OH excluding ortho intramolecular Hbond substituents is 1. The second kappa shape index (κ2) is 7.68. The number of carbonyl (C=O) groups is 1. The monoisotopic (exact) mass is 341 g/mol. The first-order chi connectivity index (χ1) is 12.0. The van der Waals surface area contributed by atoms with Crippen molar-refractivity contribution in [2.24, 2.45) is 5.92 Å². The van der Waals surface area contributed by atoms with Gasteiger partial charge in [-0.05, 0) is 73.9 Å². The average Bonchev–Trinajstić information content (AvgIpc) is 2.63. The maximum Gasteiger partial charge on any atom is 0.253 e. The average molecular weight is 341 g/mol. The minimum absolute atomic E-state index is 0.0122. The van der Waals surface area contributed by atoms with E-state index in [1.807, 2.05) is 24.0 Å². The first kappa shape index (κ1) is 17.5. The zero-order chi connectivity index (χ0) is 17.8. The van der Waals surface area contributed by atoms with E-state index in [-0.39, 0.29) is 17.5 Å². The van der Waals surface area contributed by atoms with E-state index in [1.54, 1.807) is 18.2 Å². The van der Waals surface area contributed by atoms with Gasteiger partial charge in [-0.2, -0.15) is 0 Å². The predicted molar refractivity (Wildman–Crippen MR) is 96.2 cm³/mol. The summed E-state index contributed by atoms with van der Waals surface area (Å²) in [6, 6.07) is 11.8. The van der Waals surface area contributed by atoms with Crippen molar-refractivity contribution >= 4 is 5.91 Å². The summed E-state index contributed by atoms with van der Waals surface area (Å²) in [5, 5.41) is 9.83. The van der Waals surface area contributed by atoms with Gasteiger partial charge < -0.3 is 10.0 Å². The maximum atomic E-state index is 13.0. The maximum absolute atomic E-state index is 13.0. The number of phenols is 1. The fourth-order valence-electron chi connectivity index (χ4n) is 3.43. The highest BCUT2D eigenvalue weighted by atomic mass is 19.1. The zero-order valence-electron chi connectivity index (χ0n) is 14.5. The van der Waals surface area contributed by atoms with Gasteiger partial charge in [0.05, 0.1) is 0 Å². The highest BCUT2D eigenvalue weighted by Crippen LogP contribution is 2.24. The number of aromatic hydroxyl groups is 1. The van der Waals surface area contributed by atoms with Gasteiger partial charge in [0.15, 0.2) is 0 Å². The van der Waals surface area contributed by atoms with Crippen LogP contribution in [0.3, 0.4) is 0 Å². The number of benzene rings is 2. The Morgan fingerprint density at radius 2 is 2.00 bits per heavy atom. The fourth-order valence-corrected chi connectivity index (χ4v) is 3.43. The van der Waals surface area contributed by atoms with E-state index in [0.717, 1.165) is 49.9 Å². The van der Waals surface area contributed by atoms with Crippen molar-refractivity contribution in [2.75, 3.05) is 13.1 Å². The topological polar surface area (TPSA) is 40.5 Å². The summed E-state index contributed by atoms with van der Waals surface area (Å²) in [5.41, 5.74) is 2.45. The molecule has 25 heavy (non-hydrogen) atoms. The lowest BCUT2D eigenvalue weighted by molar-refractivity contribution is 0.0668. The van der Waals surface area contributed by atoms with Crippen LogP contribution in [0, 0.1) is 18.7 Å². The zero-order valence-corrected chi connectivity index (χ0v) is 14.5. The van der Waals surface area contributed by atoms with Gasteiger partial charge in [-0.15, -0.1) is 0 Å². The normalized spacial score (nSPS) is 17.5. The molecule has 0 unspecified atom stereocenters. The molecule has 0 radical (unpaired) electrons. The third-order valence-corrected chi connectivity index (χ3v) is 5.02. The van der Waals surface area contributed by atoms with Crippen molar-refractivity contribution in [3.63, 3.8) is 0 Å². The third-order valence-electron chi connectivity index (χ3n) is 5.02. The molecule has 1 amide bonds. The molecule has 0 bridgehead atoms. The number of halogens is 1. The van der Waals surface area contributed by atoms with Crippen LogP contribution < -0.4 is 0 Å². The molecule has 1 N–H and O–H groups in total. The van der Waals surface area contributed by atoms with Gasteiger partial charge in [-0.25, -0.2) is 4.39 Å². The lowest BCUT2D eigenvalue weighted by Crippen LogP contribution is -2.40. The van der Waals surface area contributed by atoms with E-state index in [4.69, 9.17) is 0 Å². The SMILES string of the molecule is Cc1ccc(C(=O)N2CCC[C@H](CCc3ccc(F)cc3)C2)cc1O. The van der Waals surface area contributed by atoms with Crippen molar-refractivity contribution in [1.29, 1.82) is 0 Å². The minimum Gasteiger partial charge on any atom is -0.508 e. The Bertz CT molecular complexity index is 742. The molecule has 1 aliphatic heterocycles.